The number of hydrogen-bond donors (Lipinski definition) is 1. The largest absolute Gasteiger partial charge is 0.322 e. The molecule has 1 aliphatic rings. The third-order valence-corrected chi connectivity index (χ3v) is 3.96. The van der Waals surface area contributed by atoms with Crippen molar-refractivity contribution in [3.63, 3.8) is 0 Å². The van der Waals surface area contributed by atoms with Gasteiger partial charge in [0.15, 0.2) is 17.5 Å². The second-order valence-electron chi connectivity index (χ2n) is 6.16. The molecular formula is C16H22F3N3O. The third kappa shape index (κ3) is 4.60. The molecule has 2 amide bonds. The van der Waals surface area contributed by atoms with Crippen molar-refractivity contribution in [1.29, 1.82) is 0 Å². The van der Waals surface area contributed by atoms with Gasteiger partial charge in [0.25, 0.3) is 0 Å². The summed E-state index contributed by atoms with van der Waals surface area (Å²) < 4.78 is 39.6. The molecule has 1 N–H and O–H groups in total. The fraction of sp³-hybridized carbons (Fsp3) is 0.562. The minimum Gasteiger partial charge on any atom is -0.322 e. The number of amides is 2. The molecule has 1 aromatic carbocycles. The van der Waals surface area contributed by atoms with E-state index in [4.69, 9.17) is 0 Å². The van der Waals surface area contributed by atoms with Crippen molar-refractivity contribution in [2.24, 2.45) is 5.92 Å². The lowest BCUT2D eigenvalue weighted by atomic mass is 10.1. The SMILES string of the molecule is CC(C)CCN1CCN(C(=O)Nc2ccc(F)c(F)c2F)CC1. The lowest BCUT2D eigenvalue weighted by molar-refractivity contribution is 0.143. The van der Waals surface area contributed by atoms with E-state index in [2.05, 4.69) is 24.1 Å². The summed E-state index contributed by atoms with van der Waals surface area (Å²) in [4.78, 5) is 15.9. The van der Waals surface area contributed by atoms with Crippen LogP contribution in [0.1, 0.15) is 20.3 Å². The van der Waals surface area contributed by atoms with Crippen molar-refractivity contribution in [2.45, 2.75) is 20.3 Å². The molecule has 0 aromatic heterocycles. The lowest BCUT2D eigenvalue weighted by Crippen LogP contribution is -2.50. The highest BCUT2D eigenvalue weighted by atomic mass is 19.2. The number of anilines is 1. The summed E-state index contributed by atoms with van der Waals surface area (Å²) in [6.45, 7) is 7.87. The summed E-state index contributed by atoms with van der Waals surface area (Å²) in [5.41, 5.74) is -0.351. The molecule has 2 rings (SSSR count). The van der Waals surface area contributed by atoms with Crippen molar-refractivity contribution in [1.82, 2.24) is 9.80 Å². The summed E-state index contributed by atoms with van der Waals surface area (Å²) in [7, 11) is 0. The number of benzene rings is 1. The monoisotopic (exact) mass is 329 g/mol. The quantitative estimate of drug-likeness (QED) is 0.861. The fourth-order valence-corrected chi connectivity index (χ4v) is 2.43. The van der Waals surface area contributed by atoms with E-state index in [0.717, 1.165) is 38.2 Å². The number of piperazine rings is 1. The zero-order valence-corrected chi connectivity index (χ0v) is 13.4. The van der Waals surface area contributed by atoms with E-state index in [1.807, 2.05) is 0 Å². The highest BCUT2D eigenvalue weighted by Gasteiger charge is 2.22. The summed E-state index contributed by atoms with van der Waals surface area (Å²) >= 11 is 0. The molecule has 1 heterocycles. The number of nitrogens with one attached hydrogen (secondary N) is 1. The van der Waals surface area contributed by atoms with Crippen LogP contribution in [-0.4, -0.2) is 48.6 Å². The maximum Gasteiger partial charge on any atom is 0.322 e. The van der Waals surface area contributed by atoms with Crippen LogP contribution in [0.15, 0.2) is 12.1 Å². The molecule has 23 heavy (non-hydrogen) atoms. The van der Waals surface area contributed by atoms with Gasteiger partial charge in [-0.1, -0.05) is 13.8 Å². The maximum absolute atomic E-state index is 13.6. The molecule has 1 aliphatic heterocycles. The zero-order chi connectivity index (χ0) is 17.0. The molecule has 0 bridgehead atoms. The van der Waals surface area contributed by atoms with Gasteiger partial charge >= 0.3 is 6.03 Å². The van der Waals surface area contributed by atoms with E-state index in [0.29, 0.717) is 19.0 Å². The van der Waals surface area contributed by atoms with E-state index in [1.165, 1.54) is 0 Å². The second-order valence-corrected chi connectivity index (χ2v) is 6.16. The first-order chi connectivity index (χ1) is 10.9. The van der Waals surface area contributed by atoms with Gasteiger partial charge in [0.1, 0.15) is 0 Å². The molecule has 4 nitrogen and oxygen atoms in total. The smallest absolute Gasteiger partial charge is 0.322 e. The van der Waals surface area contributed by atoms with Crippen molar-refractivity contribution in [3.05, 3.63) is 29.6 Å². The Morgan fingerprint density at radius 1 is 1.13 bits per heavy atom. The molecule has 0 unspecified atom stereocenters. The second kappa shape index (κ2) is 7.68. The molecule has 0 aliphatic carbocycles. The molecule has 0 spiro atoms. The predicted octanol–water partition coefficient (Wildman–Crippen LogP) is 3.30. The van der Waals surface area contributed by atoms with Crippen molar-refractivity contribution < 1.29 is 18.0 Å². The van der Waals surface area contributed by atoms with Gasteiger partial charge in [0.05, 0.1) is 5.69 Å². The Kier molecular flexibility index (Phi) is 5.87. The average Bonchev–Trinajstić information content (AvgIpc) is 2.54. The van der Waals surface area contributed by atoms with Crippen molar-refractivity contribution in [3.8, 4) is 0 Å². The number of rotatable bonds is 4. The summed E-state index contributed by atoms with van der Waals surface area (Å²) in [6, 6.07) is 1.31. The minimum absolute atomic E-state index is 0.351. The number of nitrogens with zero attached hydrogens (tertiary/aromatic N) is 2. The Hall–Kier alpha value is -1.76. The maximum atomic E-state index is 13.6. The number of urea groups is 1. The molecule has 1 fully saturated rings. The Labute approximate surface area is 134 Å². The number of hydrogen-bond acceptors (Lipinski definition) is 2. The van der Waals surface area contributed by atoms with Crippen LogP contribution in [-0.2, 0) is 0 Å². The van der Waals surface area contributed by atoms with Crippen LogP contribution >= 0.6 is 0 Å². The highest BCUT2D eigenvalue weighted by molar-refractivity contribution is 5.89. The summed E-state index contributed by atoms with van der Waals surface area (Å²) in [5, 5.41) is 2.30. The molecule has 0 atom stereocenters. The van der Waals surface area contributed by atoms with Crippen LogP contribution in [0.2, 0.25) is 0 Å². The van der Waals surface area contributed by atoms with Gasteiger partial charge in [-0.15, -0.1) is 0 Å². The normalized spacial score (nSPS) is 16.0. The van der Waals surface area contributed by atoms with Crippen LogP contribution in [0.3, 0.4) is 0 Å². The first kappa shape index (κ1) is 17.6. The Balaban J connectivity index is 1.87. The van der Waals surface area contributed by atoms with Gasteiger partial charge in [0, 0.05) is 26.2 Å². The first-order valence-electron chi connectivity index (χ1n) is 7.80. The standard InChI is InChI=1S/C16H22F3N3O/c1-11(2)5-6-21-7-9-22(10-8-21)16(23)20-13-4-3-12(17)14(18)15(13)19/h3-4,11H,5-10H2,1-2H3,(H,20,23). The van der Waals surface area contributed by atoms with Crippen molar-refractivity contribution >= 4 is 11.7 Å². The van der Waals surface area contributed by atoms with Crippen LogP contribution < -0.4 is 5.32 Å². The van der Waals surface area contributed by atoms with Gasteiger partial charge in [-0.05, 0) is 31.0 Å². The molecule has 1 saturated heterocycles. The highest BCUT2D eigenvalue weighted by Crippen LogP contribution is 2.20. The van der Waals surface area contributed by atoms with Gasteiger partial charge in [-0.25, -0.2) is 18.0 Å². The van der Waals surface area contributed by atoms with E-state index < -0.39 is 23.5 Å². The lowest BCUT2D eigenvalue weighted by Gasteiger charge is -2.35. The van der Waals surface area contributed by atoms with Gasteiger partial charge in [-0.3, -0.25) is 4.90 Å². The van der Waals surface area contributed by atoms with Gasteiger partial charge in [0.2, 0.25) is 0 Å². The first-order valence-corrected chi connectivity index (χ1v) is 7.80. The molecule has 128 valence electrons. The number of halogens is 3. The van der Waals surface area contributed by atoms with Crippen LogP contribution in [0.5, 0.6) is 0 Å². The molecule has 0 radical (unpaired) electrons. The Morgan fingerprint density at radius 3 is 2.39 bits per heavy atom. The summed E-state index contributed by atoms with van der Waals surface area (Å²) in [5.74, 6) is -3.61. The van der Waals surface area contributed by atoms with E-state index in [1.54, 1.807) is 4.90 Å². The average molecular weight is 329 g/mol. The fourth-order valence-electron chi connectivity index (χ4n) is 2.43. The minimum atomic E-state index is -1.58. The zero-order valence-electron chi connectivity index (χ0n) is 13.4. The Bertz CT molecular complexity index is 558. The van der Waals surface area contributed by atoms with Crippen LogP contribution in [0.25, 0.3) is 0 Å². The van der Waals surface area contributed by atoms with Crippen molar-refractivity contribution in [2.75, 3.05) is 38.0 Å². The summed E-state index contributed by atoms with van der Waals surface area (Å²) in [6.07, 6.45) is 1.10. The molecule has 7 heteroatoms. The third-order valence-electron chi connectivity index (χ3n) is 3.96. The topological polar surface area (TPSA) is 35.6 Å². The van der Waals surface area contributed by atoms with Gasteiger partial charge < -0.3 is 10.2 Å². The van der Waals surface area contributed by atoms with Gasteiger partial charge in [-0.2, -0.15) is 0 Å². The van der Waals surface area contributed by atoms with Crippen LogP contribution in [0.4, 0.5) is 23.7 Å². The number of carbonyl (C=O) groups is 1. The van der Waals surface area contributed by atoms with Crippen LogP contribution in [0, 0.1) is 23.4 Å². The number of carbonyl (C=O) groups excluding carboxylic acids is 1. The predicted molar refractivity (Wildman–Crippen MR) is 82.8 cm³/mol. The Morgan fingerprint density at radius 2 is 1.78 bits per heavy atom. The molecular weight excluding hydrogens is 307 g/mol. The van der Waals surface area contributed by atoms with E-state index >= 15 is 0 Å². The molecule has 0 saturated carbocycles. The van der Waals surface area contributed by atoms with E-state index in [-0.39, 0.29) is 5.69 Å². The van der Waals surface area contributed by atoms with E-state index in [9.17, 15) is 18.0 Å². The molecule has 1 aromatic rings.